The maximum atomic E-state index is 12.5. The summed E-state index contributed by atoms with van der Waals surface area (Å²) in [5.41, 5.74) is 0. The fourth-order valence-corrected chi connectivity index (χ4v) is 2.69. The van der Waals surface area contributed by atoms with E-state index in [9.17, 15) is 9.59 Å². The zero-order chi connectivity index (χ0) is 15.1. The van der Waals surface area contributed by atoms with Crippen LogP contribution in [-0.2, 0) is 14.3 Å². The van der Waals surface area contributed by atoms with E-state index in [0.717, 1.165) is 25.9 Å². The highest BCUT2D eigenvalue weighted by molar-refractivity contribution is 5.89. The van der Waals surface area contributed by atoms with E-state index >= 15 is 0 Å². The van der Waals surface area contributed by atoms with Crippen molar-refractivity contribution >= 4 is 11.8 Å². The Labute approximate surface area is 122 Å². The van der Waals surface area contributed by atoms with E-state index < -0.39 is 0 Å². The van der Waals surface area contributed by atoms with Crippen molar-refractivity contribution in [1.29, 1.82) is 0 Å². The van der Waals surface area contributed by atoms with Gasteiger partial charge in [-0.3, -0.25) is 9.59 Å². The van der Waals surface area contributed by atoms with Gasteiger partial charge >= 0.3 is 0 Å². The van der Waals surface area contributed by atoms with Crippen molar-refractivity contribution in [2.45, 2.75) is 46.1 Å². The van der Waals surface area contributed by atoms with Crippen LogP contribution in [0.1, 0.15) is 40.0 Å². The summed E-state index contributed by atoms with van der Waals surface area (Å²) < 4.78 is 5.09. The Morgan fingerprint density at radius 1 is 1.50 bits per heavy atom. The Morgan fingerprint density at radius 3 is 2.75 bits per heavy atom. The molecule has 5 heteroatoms. The van der Waals surface area contributed by atoms with Crippen LogP contribution >= 0.6 is 0 Å². The Balaban J connectivity index is 2.60. The molecule has 0 bridgehead atoms. The van der Waals surface area contributed by atoms with Crippen molar-refractivity contribution < 1.29 is 14.3 Å². The molecule has 0 N–H and O–H groups in total. The van der Waals surface area contributed by atoms with E-state index in [1.54, 1.807) is 12.0 Å². The van der Waals surface area contributed by atoms with Crippen LogP contribution in [0.15, 0.2) is 0 Å². The van der Waals surface area contributed by atoms with E-state index in [4.69, 9.17) is 4.74 Å². The summed E-state index contributed by atoms with van der Waals surface area (Å²) in [6, 6.07) is 0.0380. The Kier molecular flexibility index (Phi) is 6.99. The average Bonchev–Trinajstić information content (AvgIpc) is 2.81. The van der Waals surface area contributed by atoms with Crippen LogP contribution in [-0.4, -0.2) is 61.0 Å². The number of unbranched alkanes of at least 4 members (excludes halogenated alkanes) is 1. The molecule has 2 amide bonds. The van der Waals surface area contributed by atoms with Gasteiger partial charge in [-0.15, -0.1) is 0 Å². The van der Waals surface area contributed by atoms with Crippen molar-refractivity contribution in [3.63, 3.8) is 0 Å². The molecular formula is C15H28N2O3. The summed E-state index contributed by atoms with van der Waals surface area (Å²) in [7, 11) is 1.63. The lowest BCUT2D eigenvalue weighted by molar-refractivity contribution is -0.135. The lowest BCUT2D eigenvalue weighted by Gasteiger charge is -2.26. The predicted octanol–water partition coefficient (Wildman–Crippen LogP) is 1.52. The molecule has 0 saturated carbocycles. The first kappa shape index (κ1) is 17.0. The molecule has 116 valence electrons. The highest BCUT2D eigenvalue weighted by atomic mass is 16.5. The average molecular weight is 284 g/mol. The van der Waals surface area contributed by atoms with Crippen LogP contribution in [0.2, 0.25) is 0 Å². The third-order valence-corrected chi connectivity index (χ3v) is 3.92. The summed E-state index contributed by atoms with van der Waals surface area (Å²) in [5.74, 6) is 0.0134. The maximum Gasteiger partial charge on any atom is 0.227 e. The maximum absolute atomic E-state index is 12.5. The molecule has 0 aromatic heterocycles. The molecule has 1 rings (SSSR count). The highest BCUT2D eigenvalue weighted by Crippen LogP contribution is 2.22. The lowest BCUT2D eigenvalue weighted by Crippen LogP contribution is -2.40. The van der Waals surface area contributed by atoms with Crippen molar-refractivity contribution in [1.82, 2.24) is 9.80 Å². The Hall–Kier alpha value is -1.10. The highest BCUT2D eigenvalue weighted by Gasteiger charge is 2.37. The number of amides is 2. The summed E-state index contributed by atoms with van der Waals surface area (Å²) in [4.78, 5) is 28.2. The van der Waals surface area contributed by atoms with E-state index in [-0.39, 0.29) is 23.8 Å². The van der Waals surface area contributed by atoms with Gasteiger partial charge in [0.2, 0.25) is 11.8 Å². The van der Waals surface area contributed by atoms with Gasteiger partial charge in [0.25, 0.3) is 0 Å². The van der Waals surface area contributed by atoms with E-state index in [1.807, 2.05) is 18.7 Å². The summed E-state index contributed by atoms with van der Waals surface area (Å²) in [6.45, 7) is 8.64. The second-order valence-electron chi connectivity index (χ2n) is 5.52. The molecule has 1 fully saturated rings. The van der Waals surface area contributed by atoms with Crippen molar-refractivity contribution in [3.8, 4) is 0 Å². The fourth-order valence-electron chi connectivity index (χ4n) is 2.69. The summed E-state index contributed by atoms with van der Waals surface area (Å²) in [5, 5.41) is 0. The normalized spacial score (nSPS) is 20.3. The molecule has 1 aliphatic heterocycles. The molecule has 2 atom stereocenters. The third kappa shape index (κ3) is 4.20. The van der Waals surface area contributed by atoms with Crippen LogP contribution in [0.3, 0.4) is 0 Å². The van der Waals surface area contributed by atoms with Gasteiger partial charge in [-0.05, 0) is 20.3 Å². The topological polar surface area (TPSA) is 49.9 Å². The fraction of sp³-hybridized carbons (Fsp3) is 0.867. The van der Waals surface area contributed by atoms with Crippen molar-refractivity contribution in [2.75, 3.05) is 33.4 Å². The first-order chi connectivity index (χ1) is 9.54. The Morgan fingerprint density at radius 2 is 2.20 bits per heavy atom. The number of likely N-dealkylation sites (tertiary alicyclic amines) is 1. The van der Waals surface area contributed by atoms with Gasteiger partial charge in [0.05, 0.1) is 18.6 Å². The molecule has 0 aromatic rings. The number of carbonyl (C=O) groups excluding carboxylic acids is 2. The van der Waals surface area contributed by atoms with E-state index in [0.29, 0.717) is 19.6 Å². The number of carbonyl (C=O) groups is 2. The second-order valence-corrected chi connectivity index (χ2v) is 5.52. The minimum atomic E-state index is -0.182. The van der Waals surface area contributed by atoms with Gasteiger partial charge in [-0.1, -0.05) is 13.3 Å². The monoisotopic (exact) mass is 284 g/mol. The molecule has 0 unspecified atom stereocenters. The number of methoxy groups -OCH3 is 1. The van der Waals surface area contributed by atoms with Crippen LogP contribution in [0.4, 0.5) is 0 Å². The van der Waals surface area contributed by atoms with Gasteiger partial charge in [-0.2, -0.15) is 0 Å². The van der Waals surface area contributed by atoms with Gasteiger partial charge in [0, 0.05) is 33.2 Å². The van der Waals surface area contributed by atoms with Crippen LogP contribution < -0.4 is 0 Å². The molecule has 0 spiro atoms. The molecule has 0 radical (unpaired) electrons. The Bertz CT molecular complexity index is 333. The van der Waals surface area contributed by atoms with Gasteiger partial charge in [0.1, 0.15) is 0 Å². The van der Waals surface area contributed by atoms with Gasteiger partial charge in [-0.25, -0.2) is 0 Å². The molecule has 1 heterocycles. The zero-order valence-corrected chi connectivity index (χ0v) is 13.2. The number of hydrogen-bond donors (Lipinski definition) is 0. The molecule has 0 aliphatic carbocycles. The molecule has 20 heavy (non-hydrogen) atoms. The van der Waals surface area contributed by atoms with E-state index in [2.05, 4.69) is 6.92 Å². The molecule has 1 aliphatic rings. The first-order valence-electron chi connectivity index (χ1n) is 7.62. The molecule has 1 saturated heterocycles. The quantitative estimate of drug-likeness (QED) is 0.679. The lowest BCUT2D eigenvalue weighted by atomic mass is 10.1. The van der Waals surface area contributed by atoms with Gasteiger partial charge < -0.3 is 14.5 Å². The standard InChI is InChI=1S/C15H28N2O3/c1-5-7-8-16(6-2)15(19)13-9-14(18)17(10-13)12(3)11-20-4/h12-13H,5-11H2,1-4H3/t12-,13-/m1/s1. The first-order valence-corrected chi connectivity index (χ1v) is 7.62. The largest absolute Gasteiger partial charge is 0.383 e. The third-order valence-electron chi connectivity index (χ3n) is 3.92. The number of hydrogen-bond acceptors (Lipinski definition) is 3. The predicted molar refractivity (Wildman–Crippen MR) is 78.3 cm³/mol. The SMILES string of the molecule is CCCCN(CC)C(=O)[C@@H]1CC(=O)N([C@H](C)COC)C1. The van der Waals surface area contributed by atoms with Crippen LogP contribution in [0, 0.1) is 5.92 Å². The molecule has 5 nitrogen and oxygen atoms in total. The summed E-state index contributed by atoms with van der Waals surface area (Å²) >= 11 is 0. The molecular weight excluding hydrogens is 256 g/mol. The second kappa shape index (κ2) is 8.25. The number of nitrogens with zero attached hydrogens (tertiary/aromatic N) is 2. The van der Waals surface area contributed by atoms with E-state index in [1.165, 1.54) is 0 Å². The van der Waals surface area contributed by atoms with Crippen LogP contribution in [0.25, 0.3) is 0 Å². The zero-order valence-electron chi connectivity index (χ0n) is 13.2. The summed E-state index contributed by atoms with van der Waals surface area (Å²) in [6.07, 6.45) is 2.43. The van der Waals surface area contributed by atoms with Crippen molar-refractivity contribution in [3.05, 3.63) is 0 Å². The smallest absolute Gasteiger partial charge is 0.227 e. The number of rotatable bonds is 8. The van der Waals surface area contributed by atoms with Crippen molar-refractivity contribution in [2.24, 2.45) is 5.92 Å². The minimum absolute atomic E-state index is 0.0380. The van der Waals surface area contributed by atoms with Gasteiger partial charge in [0.15, 0.2) is 0 Å². The molecule has 0 aromatic carbocycles. The van der Waals surface area contributed by atoms with Crippen LogP contribution in [0.5, 0.6) is 0 Å². The number of ether oxygens (including phenoxy) is 1. The minimum Gasteiger partial charge on any atom is -0.383 e.